The van der Waals surface area contributed by atoms with Gasteiger partial charge in [-0.3, -0.25) is 5.41 Å². The Morgan fingerprint density at radius 2 is 2.45 bits per heavy atom. The summed E-state index contributed by atoms with van der Waals surface area (Å²) in [7, 11) is 0. The summed E-state index contributed by atoms with van der Waals surface area (Å²) in [4.78, 5) is 1.75. The Morgan fingerprint density at radius 1 is 1.82 bits per heavy atom. The third kappa shape index (κ3) is 1.63. The van der Waals surface area contributed by atoms with Crippen molar-refractivity contribution in [1.29, 1.82) is 5.41 Å². The second-order valence-corrected chi connectivity index (χ2v) is 3.03. The highest BCUT2D eigenvalue weighted by atomic mass is 16.3. The number of hydrogen-bond acceptors (Lipinski definition) is 2. The molecular weight excluding hydrogens is 142 g/mol. The highest BCUT2D eigenvalue weighted by Gasteiger charge is 2.28. The zero-order valence-corrected chi connectivity index (χ0v) is 6.75. The van der Waals surface area contributed by atoms with Crippen LogP contribution in [0.5, 0.6) is 0 Å². The SMILES string of the molecule is C[C@H](O)[C@@H]1CCCN1C(=N)N. The number of likely N-dealkylation sites (tertiary alicyclic amines) is 1. The van der Waals surface area contributed by atoms with E-state index < -0.39 is 0 Å². The van der Waals surface area contributed by atoms with Gasteiger partial charge < -0.3 is 15.7 Å². The molecule has 0 spiro atoms. The fraction of sp³-hybridized carbons (Fsp3) is 0.857. The van der Waals surface area contributed by atoms with Crippen molar-refractivity contribution < 1.29 is 5.11 Å². The zero-order valence-electron chi connectivity index (χ0n) is 6.75. The summed E-state index contributed by atoms with van der Waals surface area (Å²) in [6.07, 6.45) is 1.58. The summed E-state index contributed by atoms with van der Waals surface area (Å²) in [5.74, 6) is 0.0772. The van der Waals surface area contributed by atoms with Gasteiger partial charge in [-0.15, -0.1) is 0 Å². The van der Waals surface area contributed by atoms with Gasteiger partial charge in [0.05, 0.1) is 12.1 Å². The van der Waals surface area contributed by atoms with Crippen LogP contribution in [0.25, 0.3) is 0 Å². The molecule has 0 unspecified atom stereocenters. The van der Waals surface area contributed by atoms with Gasteiger partial charge in [0.25, 0.3) is 0 Å². The molecule has 1 rings (SSSR count). The van der Waals surface area contributed by atoms with Crippen molar-refractivity contribution in [3.63, 3.8) is 0 Å². The molecule has 1 heterocycles. The molecule has 2 atom stereocenters. The molecule has 1 fully saturated rings. The molecular formula is C7H15N3O. The first-order chi connectivity index (χ1) is 5.13. The zero-order chi connectivity index (χ0) is 8.43. The summed E-state index contributed by atoms with van der Waals surface area (Å²) in [5.41, 5.74) is 5.32. The largest absolute Gasteiger partial charge is 0.391 e. The van der Waals surface area contributed by atoms with Gasteiger partial charge in [-0.25, -0.2) is 0 Å². The molecule has 0 aromatic rings. The number of aliphatic hydroxyl groups is 1. The molecule has 64 valence electrons. The second kappa shape index (κ2) is 3.09. The van der Waals surface area contributed by atoms with Crippen LogP contribution in [-0.2, 0) is 0 Å². The van der Waals surface area contributed by atoms with Gasteiger partial charge >= 0.3 is 0 Å². The van der Waals surface area contributed by atoms with Crippen LogP contribution in [0, 0.1) is 5.41 Å². The van der Waals surface area contributed by atoms with Crippen molar-refractivity contribution in [3.8, 4) is 0 Å². The average Bonchev–Trinajstić information content (AvgIpc) is 2.32. The van der Waals surface area contributed by atoms with Gasteiger partial charge in [-0.05, 0) is 19.8 Å². The molecule has 4 N–H and O–H groups in total. The normalized spacial score (nSPS) is 27.1. The van der Waals surface area contributed by atoms with Crippen LogP contribution in [0.2, 0.25) is 0 Å². The van der Waals surface area contributed by atoms with E-state index in [2.05, 4.69) is 0 Å². The predicted molar refractivity (Wildman–Crippen MR) is 43.3 cm³/mol. The van der Waals surface area contributed by atoms with E-state index in [1.165, 1.54) is 0 Å². The van der Waals surface area contributed by atoms with Gasteiger partial charge in [0.1, 0.15) is 0 Å². The fourth-order valence-electron chi connectivity index (χ4n) is 1.59. The Hall–Kier alpha value is -0.770. The third-order valence-electron chi connectivity index (χ3n) is 2.17. The summed E-state index contributed by atoms with van der Waals surface area (Å²) >= 11 is 0. The lowest BCUT2D eigenvalue weighted by molar-refractivity contribution is 0.118. The second-order valence-electron chi connectivity index (χ2n) is 3.03. The maximum atomic E-state index is 9.28. The maximum absolute atomic E-state index is 9.28. The molecule has 0 bridgehead atoms. The summed E-state index contributed by atoms with van der Waals surface area (Å²) in [6.45, 7) is 2.55. The van der Waals surface area contributed by atoms with Gasteiger partial charge in [0, 0.05) is 6.54 Å². The van der Waals surface area contributed by atoms with Crippen molar-refractivity contribution in [2.24, 2.45) is 5.73 Å². The topological polar surface area (TPSA) is 73.3 Å². The first-order valence-corrected chi connectivity index (χ1v) is 3.91. The van der Waals surface area contributed by atoms with Gasteiger partial charge in [0.15, 0.2) is 5.96 Å². The van der Waals surface area contributed by atoms with E-state index in [9.17, 15) is 5.11 Å². The Bertz CT molecular complexity index is 158. The number of nitrogens with zero attached hydrogens (tertiary/aromatic N) is 1. The molecule has 0 aromatic carbocycles. The highest BCUT2D eigenvalue weighted by Crippen LogP contribution is 2.18. The molecule has 11 heavy (non-hydrogen) atoms. The van der Waals surface area contributed by atoms with Gasteiger partial charge in [-0.1, -0.05) is 0 Å². The maximum Gasteiger partial charge on any atom is 0.188 e. The van der Waals surface area contributed by atoms with Crippen molar-refractivity contribution in [1.82, 2.24) is 4.90 Å². The van der Waals surface area contributed by atoms with E-state index in [1.807, 2.05) is 0 Å². The molecule has 0 saturated carbocycles. The Labute approximate surface area is 66.5 Å². The van der Waals surface area contributed by atoms with Crippen LogP contribution in [0.4, 0.5) is 0 Å². The molecule has 0 aromatic heterocycles. The van der Waals surface area contributed by atoms with Crippen LogP contribution in [0.1, 0.15) is 19.8 Å². The number of rotatable bonds is 1. The van der Waals surface area contributed by atoms with E-state index in [0.717, 1.165) is 19.4 Å². The number of nitrogens with two attached hydrogens (primary N) is 1. The number of guanidine groups is 1. The Morgan fingerprint density at radius 3 is 2.82 bits per heavy atom. The van der Waals surface area contributed by atoms with Crippen LogP contribution in [0.3, 0.4) is 0 Å². The Kier molecular flexibility index (Phi) is 2.34. The van der Waals surface area contributed by atoms with Gasteiger partial charge in [-0.2, -0.15) is 0 Å². The summed E-state index contributed by atoms with van der Waals surface area (Å²) < 4.78 is 0. The minimum absolute atomic E-state index is 0.0625. The van der Waals surface area contributed by atoms with E-state index in [4.69, 9.17) is 11.1 Å². The van der Waals surface area contributed by atoms with Crippen LogP contribution < -0.4 is 5.73 Å². The van der Waals surface area contributed by atoms with Crippen LogP contribution in [-0.4, -0.2) is 34.7 Å². The van der Waals surface area contributed by atoms with E-state index in [0.29, 0.717) is 0 Å². The molecule has 1 aliphatic rings. The lowest BCUT2D eigenvalue weighted by Crippen LogP contribution is -2.44. The first kappa shape index (κ1) is 8.33. The number of nitrogens with one attached hydrogen (secondary N) is 1. The smallest absolute Gasteiger partial charge is 0.188 e. The highest BCUT2D eigenvalue weighted by molar-refractivity contribution is 5.75. The van der Waals surface area contributed by atoms with Crippen molar-refractivity contribution in [3.05, 3.63) is 0 Å². The molecule has 0 amide bonds. The minimum Gasteiger partial charge on any atom is -0.391 e. The van der Waals surface area contributed by atoms with Crippen LogP contribution >= 0.6 is 0 Å². The average molecular weight is 157 g/mol. The van der Waals surface area contributed by atoms with E-state index in [-0.39, 0.29) is 18.1 Å². The summed E-state index contributed by atoms with van der Waals surface area (Å²) in [5, 5.41) is 16.5. The summed E-state index contributed by atoms with van der Waals surface area (Å²) in [6, 6.07) is 0.0625. The van der Waals surface area contributed by atoms with Crippen LogP contribution in [0.15, 0.2) is 0 Å². The lowest BCUT2D eigenvalue weighted by Gasteiger charge is -2.26. The van der Waals surface area contributed by atoms with E-state index in [1.54, 1.807) is 11.8 Å². The molecule has 4 nitrogen and oxygen atoms in total. The standard InChI is InChI=1S/C7H15N3O/c1-5(11)6-3-2-4-10(6)7(8)9/h5-6,11H,2-4H2,1H3,(H3,8,9)/t5-,6-/m0/s1. The Balaban J connectivity index is 2.58. The fourth-order valence-corrected chi connectivity index (χ4v) is 1.59. The molecule has 4 heteroatoms. The minimum atomic E-state index is -0.388. The quantitative estimate of drug-likeness (QED) is 0.362. The third-order valence-corrected chi connectivity index (χ3v) is 2.17. The van der Waals surface area contributed by atoms with Crippen molar-refractivity contribution in [2.75, 3.05) is 6.54 Å². The van der Waals surface area contributed by atoms with Crippen molar-refractivity contribution >= 4 is 5.96 Å². The predicted octanol–water partition coefficient (Wildman–Crippen LogP) is -0.275. The molecule has 1 aliphatic heterocycles. The molecule has 0 radical (unpaired) electrons. The van der Waals surface area contributed by atoms with E-state index >= 15 is 0 Å². The molecule has 1 saturated heterocycles. The lowest BCUT2D eigenvalue weighted by atomic mass is 10.1. The number of hydrogen-bond donors (Lipinski definition) is 3. The number of aliphatic hydroxyl groups excluding tert-OH is 1. The monoisotopic (exact) mass is 157 g/mol. The first-order valence-electron chi connectivity index (χ1n) is 3.91. The van der Waals surface area contributed by atoms with Gasteiger partial charge in [0.2, 0.25) is 0 Å². The molecule has 0 aliphatic carbocycles. The van der Waals surface area contributed by atoms with Crippen molar-refractivity contribution in [2.45, 2.75) is 31.9 Å².